The van der Waals surface area contributed by atoms with Crippen LogP contribution in [0.4, 0.5) is 0 Å². The lowest BCUT2D eigenvalue weighted by Crippen LogP contribution is -2.56. The molecule has 0 aromatic heterocycles. The van der Waals surface area contributed by atoms with E-state index in [-0.39, 0.29) is 30.4 Å². The molecule has 2 aromatic carbocycles. The number of fused-ring (bicyclic) bond motifs is 1. The summed E-state index contributed by atoms with van der Waals surface area (Å²) < 4.78 is 5.11. The van der Waals surface area contributed by atoms with Gasteiger partial charge in [0.25, 0.3) is 17.7 Å². The van der Waals surface area contributed by atoms with Gasteiger partial charge in [0, 0.05) is 6.42 Å². The van der Waals surface area contributed by atoms with Crippen molar-refractivity contribution in [1.29, 1.82) is 0 Å². The predicted molar refractivity (Wildman–Crippen MR) is 111 cm³/mol. The number of benzene rings is 2. The van der Waals surface area contributed by atoms with Gasteiger partial charge in [-0.3, -0.25) is 28.9 Å². The number of piperidine rings is 1. The number of nitrogens with zero attached hydrogens (tertiary/aromatic N) is 2. The van der Waals surface area contributed by atoms with Crippen LogP contribution in [0.1, 0.15) is 39.1 Å². The normalized spacial score (nSPS) is 19.2. The van der Waals surface area contributed by atoms with E-state index in [0.717, 1.165) is 15.4 Å². The standard InChI is InChI=1S/C23H21N3O6/c24-17(12-14-6-2-1-3-7-14)23(31)32-13-25-19(27)11-10-18(22(25)30)26-20(28)15-8-4-5-9-16(15)21(26)29/h1-9,17-18H,10-13,24H2/t17?,18-/m0/s1. The summed E-state index contributed by atoms with van der Waals surface area (Å²) in [6.45, 7) is -0.626. The first-order valence-corrected chi connectivity index (χ1v) is 10.2. The predicted octanol–water partition coefficient (Wildman–Crippen LogP) is 0.871. The van der Waals surface area contributed by atoms with Crippen LogP contribution in [0.3, 0.4) is 0 Å². The molecule has 1 fully saturated rings. The fraction of sp³-hybridized carbons (Fsp3) is 0.261. The van der Waals surface area contributed by atoms with Crippen LogP contribution in [0, 0.1) is 0 Å². The van der Waals surface area contributed by atoms with Crippen molar-refractivity contribution in [2.75, 3.05) is 6.73 Å². The Labute approximate surface area is 183 Å². The Morgan fingerprint density at radius 2 is 1.56 bits per heavy atom. The minimum atomic E-state index is -1.14. The van der Waals surface area contributed by atoms with E-state index in [1.165, 1.54) is 12.1 Å². The Balaban J connectivity index is 1.42. The van der Waals surface area contributed by atoms with Crippen LogP contribution in [-0.2, 0) is 25.5 Å². The largest absolute Gasteiger partial charge is 0.443 e. The van der Waals surface area contributed by atoms with Crippen molar-refractivity contribution < 1.29 is 28.7 Å². The average molecular weight is 435 g/mol. The Morgan fingerprint density at radius 1 is 0.969 bits per heavy atom. The SMILES string of the molecule is NC(Cc1ccccc1)C(=O)OCN1C(=O)CC[C@H](N2C(=O)c3ccccc3C2=O)C1=O. The Hall–Kier alpha value is -3.85. The highest BCUT2D eigenvalue weighted by molar-refractivity contribution is 6.23. The van der Waals surface area contributed by atoms with E-state index in [0.29, 0.717) is 0 Å². The minimum Gasteiger partial charge on any atom is -0.443 e. The zero-order chi connectivity index (χ0) is 22.8. The van der Waals surface area contributed by atoms with Crippen LogP contribution < -0.4 is 5.73 Å². The molecule has 0 spiro atoms. The van der Waals surface area contributed by atoms with Crippen molar-refractivity contribution in [2.45, 2.75) is 31.3 Å². The van der Waals surface area contributed by atoms with Crippen LogP contribution in [-0.4, -0.2) is 58.2 Å². The molecule has 1 saturated heterocycles. The summed E-state index contributed by atoms with van der Waals surface area (Å²) in [6, 6.07) is 13.3. The van der Waals surface area contributed by atoms with Gasteiger partial charge in [0.05, 0.1) is 11.1 Å². The van der Waals surface area contributed by atoms with Crippen molar-refractivity contribution in [2.24, 2.45) is 5.73 Å². The van der Waals surface area contributed by atoms with Gasteiger partial charge < -0.3 is 10.5 Å². The number of ether oxygens (including phenoxy) is 1. The van der Waals surface area contributed by atoms with E-state index in [4.69, 9.17) is 10.5 Å². The molecule has 2 heterocycles. The lowest BCUT2D eigenvalue weighted by Gasteiger charge is -2.34. The summed E-state index contributed by atoms with van der Waals surface area (Å²) >= 11 is 0. The Morgan fingerprint density at radius 3 is 2.19 bits per heavy atom. The summed E-state index contributed by atoms with van der Waals surface area (Å²) in [6.07, 6.45) is 0.178. The molecule has 164 valence electrons. The lowest BCUT2D eigenvalue weighted by molar-refractivity contribution is -0.164. The average Bonchev–Trinajstić information content (AvgIpc) is 3.05. The molecule has 2 aromatic rings. The van der Waals surface area contributed by atoms with Crippen molar-refractivity contribution in [3.05, 3.63) is 71.3 Å². The van der Waals surface area contributed by atoms with Crippen LogP contribution in [0.25, 0.3) is 0 Å². The minimum absolute atomic E-state index is 0.0150. The third-order valence-electron chi connectivity index (χ3n) is 5.56. The second kappa shape index (κ2) is 8.72. The van der Waals surface area contributed by atoms with Crippen LogP contribution >= 0.6 is 0 Å². The quantitative estimate of drug-likeness (QED) is 0.527. The van der Waals surface area contributed by atoms with Gasteiger partial charge in [-0.15, -0.1) is 0 Å². The smallest absolute Gasteiger partial charge is 0.324 e. The summed E-state index contributed by atoms with van der Waals surface area (Å²) in [5, 5.41) is 0. The molecule has 0 radical (unpaired) electrons. The Bertz CT molecular complexity index is 1060. The molecule has 32 heavy (non-hydrogen) atoms. The highest BCUT2D eigenvalue weighted by Gasteiger charge is 2.47. The molecule has 4 amide bonds. The van der Waals surface area contributed by atoms with E-state index >= 15 is 0 Å². The monoisotopic (exact) mass is 435 g/mol. The molecule has 1 unspecified atom stereocenters. The third-order valence-corrected chi connectivity index (χ3v) is 5.56. The fourth-order valence-electron chi connectivity index (χ4n) is 3.87. The van der Waals surface area contributed by atoms with Crippen molar-refractivity contribution in [3.63, 3.8) is 0 Å². The lowest BCUT2D eigenvalue weighted by atomic mass is 10.0. The number of carbonyl (C=O) groups is 5. The number of esters is 1. The van der Waals surface area contributed by atoms with E-state index < -0.39 is 48.4 Å². The van der Waals surface area contributed by atoms with Crippen molar-refractivity contribution in [1.82, 2.24) is 9.80 Å². The van der Waals surface area contributed by atoms with E-state index in [9.17, 15) is 24.0 Å². The molecule has 9 heteroatoms. The number of amides is 4. The molecule has 4 rings (SSSR count). The van der Waals surface area contributed by atoms with Gasteiger partial charge in [0.1, 0.15) is 12.1 Å². The third kappa shape index (κ3) is 3.90. The number of likely N-dealkylation sites (tertiary alicyclic amines) is 1. The number of rotatable bonds is 6. The number of carbonyl (C=O) groups excluding carboxylic acids is 5. The highest BCUT2D eigenvalue weighted by atomic mass is 16.5. The summed E-state index contributed by atoms with van der Waals surface area (Å²) in [4.78, 5) is 64.6. The second-order valence-electron chi connectivity index (χ2n) is 7.63. The maximum Gasteiger partial charge on any atom is 0.324 e. The molecule has 0 aliphatic carbocycles. The molecule has 2 atom stereocenters. The molecule has 2 N–H and O–H groups in total. The molecule has 0 bridgehead atoms. The van der Waals surface area contributed by atoms with E-state index in [1.54, 1.807) is 12.1 Å². The molecule has 2 aliphatic heterocycles. The van der Waals surface area contributed by atoms with Gasteiger partial charge in [0.2, 0.25) is 5.91 Å². The maximum atomic E-state index is 13.0. The van der Waals surface area contributed by atoms with Gasteiger partial charge in [-0.25, -0.2) is 4.90 Å². The summed E-state index contributed by atoms with van der Waals surface area (Å²) in [7, 11) is 0. The fourth-order valence-corrected chi connectivity index (χ4v) is 3.87. The zero-order valence-electron chi connectivity index (χ0n) is 17.1. The first-order chi connectivity index (χ1) is 15.4. The van der Waals surface area contributed by atoms with E-state index in [1.807, 2.05) is 30.3 Å². The van der Waals surface area contributed by atoms with Crippen LogP contribution in [0.2, 0.25) is 0 Å². The highest BCUT2D eigenvalue weighted by Crippen LogP contribution is 2.29. The van der Waals surface area contributed by atoms with Gasteiger partial charge in [-0.05, 0) is 30.5 Å². The molecule has 9 nitrogen and oxygen atoms in total. The van der Waals surface area contributed by atoms with Gasteiger partial charge in [-0.1, -0.05) is 42.5 Å². The Kier molecular flexibility index (Phi) is 5.83. The van der Waals surface area contributed by atoms with Crippen LogP contribution in [0.5, 0.6) is 0 Å². The number of imide groups is 2. The summed E-state index contributed by atoms with van der Waals surface area (Å²) in [5.74, 6) is -3.25. The zero-order valence-corrected chi connectivity index (χ0v) is 17.1. The van der Waals surface area contributed by atoms with Gasteiger partial charge >= 0.3 is 5.97 Å². The first-order valence-electron chi connectivity index (χ1n) is 10.2. The number of nitrogens with two attached hydrogens (primary N) is 1. The van der Waals surface area contributed by atoms with Crippen molar-refractivity contribution >= 4 is 29.6 Å². The molecule has 2 aliphatic rings. The van der Waals surface area contributed by atoms with Crippen molar-refractivity contribution in [3.8, 4) is 0 Å². The van der Waals surface area contributed by atoms with E-state index in [2.05, 4.69) is 0 Å². The molecular formula is C23H21N3O6. The molecule has 0 saturated carbocycles. The number of hydrogen-bond donors (Lipinski definition) is 1. The molecular weight excluding hydrogens is 414 g/mol. The topological polar surface area (TPSA) is 127 Å². The summed E-state index contributed by atoms with van der Waals surface area (Å²) in [5.41, 5.74) is 7.16. The van der Waals surface area contributed by atoms with Gasteiger partial charge in [-0.2, -0.15) is 0 Å². The number of hydrogen-bond acceptors (Lipinski definition) is 7. The second-order valence-corrected chi connectivity index (χ2v) is 7.63. The van der Waals surface area contributed by atoms with Gasteiger partial charge in [0.15, 0.2) is 6.73 Å². The van der Waals surface area contributed by atoms with Crippen LogP contribution in [0.15, 0.2) is 54.6 Å². The maximum absolute atomic E-state index is 13.0. The first kappa shape index (κ1) is 21.4.